The third-order valence-corrected chi connectivity index (χ3v) is 6.21. The van der Waals surface area contributed by atoms with Crippen molar-refractivity contribution in [1.82, 2.24) is 24.8 Å². The van der Waals surface area contributed by atoms with Crippen molar-refractivity contribution < 1.29 is 0 Å². The van der Waals surface area contributed by atoms with Gasteiger partial charge in [-0.2, -0.15) is 0 Å². The minimum atomic E-state index is 0.0322. The lowest BCUT2D eigenvalue weighted by molar-refractivity contribution is 0.239. The second kappa shape index (κ2) is 7.36. The summed E-state index contributed by atoms with van der Waals surface area (Å²) in [4.78, 5) is 11.3. The number of nitrogens with zero attached hydrogens (tertiary/aromatic N) is 4. The lowest BCUT2D eigenvalue weighted by Crippen LogP contribution is -2.38. The van der Waals surface area contributed by atoms with Crippen LogP contribution in [0.5, 0.6) is 0 Å². The topological polar surface area (TPSA) is 46.0 Å². The van der Waals surface area contributed by atoms with Crippen LogP contribution in [-0.2, 0) is 0 Å². The lowest BCUT2D eigenvalue weighted by Gasteiger charge is -2.33. The smallest absolute Gasteiger partial charge is 0.170 e. The van der Waals surface area contributed by atoms with Gasteiger partial charge in [-0.3, -0.25) is 9.97 Å². The quantitative estimate of drug-likeness (QED) is 0.678. The Morgan fingerprint density at radius 2 is 1.79 bits per heavy atom. The Morgan fingerprint density at radius 3 is 2.54 bits per heavy atom. The highest BCUT2D eigenvalue weighted by Gasteiger charge is 2.44. The Kier molecular flexibility index (Phi) is 4.56. The van der Waals surface area contributed by atoms with Gasteiger partial charge in [-0.25, -0.2) is 0 Å². The summed E-state index contributed by atoms with van der Waals surface area (Å²) in [5.41, 5.74) is 3.36. The van der Waals surface area contributed by atoms with Crippen LogP contribution in [-0.4, -0.2) is 30.6 Å². The van der Waals surface area contributed by atoms with Crippen LogP contribution >= 0.6 is 12.2 Å². The fourth-order valence-corrected chi connectivity index (χ4v) is 5.02. The molecule has 1 saturated heterocycles. The average Bonchev–Trinajstić information content (AvgIpc) is 3.48. The molecule has 28 heavy (non-hydrogen) atoms. The maximum atomic E-state index is 5.83. The number of hydrogen-bond donors (Lipinski definition) is 1. The molecule has 0 aromatic carbocycles. The van der Waals surface area contributed by atoms with Crippen molar-refractivity contribution in [2.45, 2.75) is 43.8 Å². The van der Waals surface area contributed by atoms with Crippen LogP contribution in [0, 0.1) is 0 Å². The van der Waals surface area contributed by atoms with Crippen molar-refractivity contribution in [3.63, 3.8) is 0 Å². The summed E-state index contributed by atoms with van der Waals surface area (Å²) in [5.74, 6) is 0. The predicted octanol–water partition coefficient (Wildman–Crippen LogP) is 4.18. The summed E-state index contributed by atoms with van der Waals surface area (Å²) < 4.78 is 2.25. The van der Waals surface area contributed by atoms with Gasteiger partial charge in [0, 0.05) is 42.2 Å². The summed E-state index contributed by atoms with van der Waals surface area (Å²) in [6.07, 6.45) is 12.6. The van der Waals surface area contributed by atoms with E-state index in [-0.39, 0.29) is 12.1 Å². The van der Waals surface area contributed by atoms with Gasteiger partial charge < -0.3 is 14.8 Å². The first-order chi connectivity index (χ1) is 13.8. The van der Waals surface area contributed by atoms with Crippen molar-refractivity contribution >= 4 is 17.3 Å². The molecule has 5 rings (SSSR count). The van der Waals surface area contributed by atoms with Gasteiger partial charge in [-0.15, -0.1) is 0 Å². The molecule has 0 unspecified atom stereocenters. The van der Waals surface area contributed by atoms with E-state index in [0.717, 1.165) is 16.5 Å². The first-order valence-corrected chi connectivity index (χ1v) is 10.3. The third-order valence-electron chi connectivity index (χ3n) is 5.88. The van der Waals surface area contributed by atoms with E-state index in [2.05, 4.69) is 49.1 Å². The second-order valence-electron chi connectivity index (χ2n) is 7.48. The molecule has 0 amide bonds. The van der Waals surface area contributed by atoms with Crippen molar-refractivity contribution in [2.24, 2.45) is 0 Å². The molecular formula is C22H23N5S. The molecule has 3 aromatic rings. The normalized spacial score (nSPS) is 22.6. The number of pyridine rings is 2. The van der Waals surface area contributed by atoms with Gasteiger partial charge in [-0.05, 0) is 61.5 Å². The molecule has 5 nitrogen and oxygen atoms in total. The maximum Gasteiger partial charge on any atom is 0.170 e. The van der Waals surface area contributed by atoms with E-state index in [1.807, 2.05) is 42.9 Å². The van der Waals surface area contributed by atoms with E-state index < -0.39 is 0 Å². The summed E-state index contributed by atoms with van der Waals surface area (Å²) in [7, 11) is 0. The molecule has 1 aliphatic carbocycles. The Balaban J connectivity index is 1.62. The van der Waals surface area contributed by atoms with E-state index in [4.69, 9.17) is 12.2 Å². The minimum absolute atomic E-state index is 0.0322. The van der Waals surface area contributed by atoms with Crippen LogP contribution < -0.4 is 5.32 Å². The standard InChI is InChI=1S/C22H23N5S/c28-22-25-20(18-8-3-4-12-24-18)21(27(22)17-6-1-2-7-17)19-9-5-15-26(19)16-10-13-23-14-11-16/h3-5,8-15,17,20-21H,1-2,6-7H2,(H,25,28)/t20-,21-/m0/s1. The minimum Gasteiger partial charge on any atom is -0.352 e. The molecule has 2 aliphatic rings. The van der Waals surface area contributed by atoms with Crippen LogP contribution in [0.4, 0.5) is 0 Å². The maximum absolute atomic E-state index is 5.83. The molecule has 0 radical (unpaired) electrons. The fourth-order valence-electron chi connectivity index (χ4n) is 4.63. The van der Waals surface area contributed by atoms with Gasteiger partial charge in [0.2, 0.25) is 0 Å². The zero-order valence-corrected chi connectivity index (χ0v) is 16.4. The summed E-state index contributed by atoms with van der Waals surface area (Å²) >= 11 is 5.83. The number of aromatic nitrogens is 3. The van der Waals surface area contributed by atoms with Gasteiger partial charge in [0.05, 0.1) is 17.8 Å². The summed E-state index contributed by atoms with van der Waals surface area (Å²) in [6.45, 7) is 0. The zero-order valence-electron chi connectivity index (χ0n) is 15.6. The first kappa shape index (κ1) is 17.4. The van der Waals surface area contributed by atoms with E-state index >= 15 is 0 Å². The Morgan fingerprint density at radius 1 is 0.964 bits per heavy atom. The van der Waals surface area contributed by atoms with Crippen molar-refractivity contribution in [2.75, 3.05) is 0 Å². The van der Waals surface area contributed by atoms with Gasteiger partial charge in [0.15, 0.2) is 5.11 Å². The molecule has 3 aromatic heterocycles. The van der Waals surface area contributed by atoms with E-state index in [9.17, 15) is 0 Å². The van der Waals surface area contributed by atoms with Gasteiger partial charge in [0.25, 0.3) is 0 Å². The molecule has 142 valence electrons. The molecule has 1 saturated carbocycles. The van der Waals surface area contributed by atoms with Crippen LogP contribution in [0.2, 0.25) is 0 Å². The fraction of sp³-hybridized carbons (Fsp3) is 0.318. The Bertz CT molecular complexity index is 949. The number of rotatable bonds is 4. The van der Waals surface area contributed by atoms with Gasteiger partial charge in [-0.1, -0.05) is 18.9 Å². The predicted molar refractivity (Wildman–Crippen MR) is 113 cm³/mol. The SMILES string of the molecule is S=C1N[C@@H](c2ccccn2)[C@H](c2cccn2-c2ccncc2)N1C1CCCC1. The van der Waals surface area contributed by atoms with E-state index in [1.165, 1.54) is 31.4 Å². The number of thiocarbonyl (C=S) groups is 1. The summed E-state index contributed by atoms with van der Waals surface area (Å²) in [6, 6.07) is 15.1. The highest BCUT2D eigenvalue weighted by molar-refractivity contribution is 7.80. The van der Waals surface area contributed by atoms with Gasteiger partial charge >= 0.3 is 0 Å². The molecule has 1 aliphatic heterocycles. The average molecular weight is 390 g/mol. The second-order valence-corrected chi connectivity index (χ2v) is 7.87. The van der Waals surface area contributed by atoms with E-state index in [1.54, 1.807) is 0 Å². The van der Waals surface area contributed by atoms with Crippen molar-refractivity contribution in [1.29, 1.82) is 0 Å². The zero-order chi connectivity index (χ0) is 18.9. The Hall–Kier alpha value is -2.73. The Labute approximate surface area is 170 Å². The van der Waals surface area contributed by atoms with Crippen LogP contribution in [0.25, 0.3) is 5.69 Å². The molecule has 4 heterocycles. The first-order valence-electron chi connectivity index (χ1n) is 9.90. The van der Waals surface area contributed by atoms with Crippen LogP contribution in [0.15, 0.2) is 67.3 Å². The highest BCUT2D eigenvalue weighted by atomic mass is 32.1. The monoisotopic (exact) mass is 389 g/mol. The van der Waals surface area contributed by atoms with Crippen molar-refractivity contribution in [3.8, 4) is 5.69 Å². The molecule has 0 bridgehead atoms. The summed E-state index contributed by atoms with van der Waals surface area (Å²) in [5, 5.41) is 4.43. The largest absolute Gasteiger partial charge is 0.352 e. The van der Waals surface area contributed by atoms with E-state index in [0.29, 0.717) is 6.04 Å². The lowest BCUT2D eigenvalue weighted by atomic mass is 9.99. The molecule has 2 atom stereocenters. The molecule has 2 fully saturated rings. The third kappa shape index (κ3) is 2.98. The molecule has 0 spiro atoms. The van der Waals surface area contributed by atoms with Gasteiger partial charge in [0.1, 0.15) is 0 Å². The molecular weight excluding hydrogens is 366 g/mol. The number of nitrogens with one attached hydrogen (secondary N) is 1. The molecule has 6 heteroatoms. The van der Waals surface area contributed by atoms with Crippen molar-refractivity contribution in [3.05, 3.63) is 78.6 Å². The highest BCUT2D eigenvalue weighted by Crippen LogP contribution is 2.43. The number of hydrogen-bond acceptors (Lipinski definition) is 3. The van der Waals surface area contributed by atoms with Crippen LogP contribution in [0.1, 0.15) is 49.2 Å². The van der Waals surface area contributed by atoms with Crippen LogP contribution in [0.3, 0.4) is 0 Å². The molecule has 1 N–H and O–H groups in total.